The van der Waals surface area contributed by atoms with Gasteiger partial charge in [0.1, 0.15) is 4.88 Å². The minimum atomic E-state index is -1.06. The Balaban J connectivity index is 1.60. The molecule has 0 aliphatic carbocycles. The van der Waals surface area contributed by atoms with Crippen molar-refractivity contribution in [3.05, 3.63) is 100 Å². The van der Waals surface area contributed by atoms with Crippen LogP contribution in [-0.4, -0.2) is 16.9 Å². The van der Waals surface area contributed by atoms with Crippen molar-refractivity contribution in [2.45, 2.75) is 12.6 Å². The Morgan fingerprint density at radius 2 is 1.86 bits per heavy atom. The molecule has 1 atom stereocenters. The van der Waals surface area contributed by atoms with Gasteiger partial charge in [-0.15, -0.1) is 11.3 Å². The van der Waals surface area contributed by atoms with Crippen molar-refractivity contribution in [3.63, 3.8) is 0 Å². The van der Waals surface area contributed by atoms with Crippen molar-refractivity contribution in [1.29, 1.82) is 0 Å². The third-order valence-corrected chi connectivity index (χ3v) is 5.27. The van der Waals surface area contributed by atoms with Gasteiger partial charge in [0, 0.05) is 23.7 Å². The van der Waals surface area contributed by atoms with Gasteiger partial charge in [-0.1, -0.05) is 48.5 Å². The number of nitrogens with one attached hydrogen (secondary N) is 1. The summed E-state index contributed by atoms with van der Waals surface area (Å²) in [6, 6.07) is 22.2. The summed E-state index contributed by atoms with van der Waals surface area (Å²) in [5.74, 6) is -0.895. The van der Waals surface area contributed by atoms with Crippen LogP contribution in [0.4, 0.5) is 0 Å². The van der Waals surface area contributed by atoms with E-state index < -0.39 is 12.1 Å². The maximum atomic E-state index is 13.0. The predicted octanol–water partition coefficient (Wildman–Crippen LogP) is 4.51. The molecule has 0 saturated heterocycles. The number of amides is 1. The van der Waals surface area contributed by atoms with E-state index in [2.05, 4.69) is 10.3 Å². The quantitative estimate of drug-likeness (QED) is 0.482. The minimum absolute atomic E-state index is 0.349. The molecule has 144 valence electrons. The summed E-state index contributed by atoms with van der Waals surface area (Å²) in [4.78, 5) is 30.2. The summed E-state index contributed by atoms with van der Waals surface area (Å²) >= 11 is 1.28. The molecule has 0 aliphatic rings. The van der Waals surface area contributed by atoms with Crippen LogP contribution in [0, 0.1) is 0 Å². The number of carbonyl (C=O) groups excluding carboxylic acids is 2. The highest BCUT2D eigenvalue weighted by Gasteiger charge is 2.26. The number of nitrogens with zero attached hydrogens (tertiary/aromatic N) is 1. The normalized spacial score (nSPS) is 11.7. The lowest BCUT2D eigenvalue weighted by Gasteiger charge is -2.18. The fourth-order valence-corrected chi connectivity index (χ4v) is 3.57. The van der Waals surface area contributed by atoms with E-state index in [-0.39, 0.29) is 5.91 Å². The number of fused-ring (bicyclic) bond motifs is 1. The zero-order chi connectivity index (χ0) is 20.1. The highest BCUT2D eigenvalue weighted by Crippen LogP contribution is 2.24. The molecule has 1 amide bonds. The molecule has 0 spiro atoms. The van der Waals surface area contributed by atoms with Crippen molar-refractivity contribution in [2.75, 3.05) is 0 Å². The topological polar surface area (TPSA) is 68.3 Å². The third kappa shape index (κ3) is 4.50. The number of benzene rings is 2. The van der Waals surface area contributed by atoms with Gasteiger partial charge in [0.2, 0.25) is 6.10 Å². The molecule has 2 aromatic carbocycles. The zero-order valence-electron chi connectivity index (χ0n) is 15.4. The van der Waals surface area contributed by atoms with Gasteiger partial charge in [-0.3, -0.25) is 9.78 Å². The van der Waals surface area contributed by atoms with Gasteiger partial charge >= 0.3 is 5.97 Å². The summed E-state index contributed by atoms with van der Waals surface area (Å²) < 4.78 is 5.62. The number of esters is 1. The highest BCUT2D eigenvalue weighted by molar-refractivity contribution is 7.11. The first-order valence-electron chi connectivity index (χ1n) is 9.11. The van der Waals surface area contributed by atoms with E-state index in [0.29, 0.717) is 17.0 Å². The standard InChI is InChI=1S/C23H18N2O3S/c26-22(25-15-16-6-2-1-3-7-16)21(28-23(27)20-9-5-13-29-20)18-10-11-19-17(14-18)8-4-12-24-19/h1-14,21H,15H2,(H,25,26). The molecule has 4 aromatic rings. The lowest BCUT2D eigenvalue weighted by molar-refractivity contribution is -0.130. The maximum absolute atomic E-state index is 13.0. The van der Waals surface area contributed by atoms with E-state index in [1.807, 2.05) is 54.6 Å². The molecule has 4 rings (SSSR count). The van der Waals surface area contributed by atoms with Crippen LogP contribution in [0.5, 0.6) is 0 Å². The summed E-state index contributed by atoms with van der Waals surface area (Å²) in [6.45, 7) is 0.349. The van der Waals surface area contributed by atoms with Gasteiger partial charge in [-0.05, 0) is 35.2 Å². The van der Waals surface area contributed by atoms with Crippen LogP contribution in [0.3, 0.4) is 0 Å². The predicted molar refractivity (Wildman–Crippen MR) is 113 cm³/mol. The number of thiophene rings is 1. The molecule has 0 saturated carbocycles. The first-order valence-corrected chi connectivity index (χ1v) is 9.99. The van der Waals surface area contributed by atoms with Crippen molar-refractivity contribution >= 4 is 34.1 Å². The molecule has 6 heteroatoms. The second kappa shape index (κ2) is 8.67. The molecule has 0 bridgehead atoms. The van der Waals surface area contributed by atoms with Crippen LogP contribution in [-0.2, 0) is 16.1 Å². The Bertz CT molecular complexity index is 1130. The molecule has 1 unspecified atom stereocenters. The minimum Gasteiger partial charge on any atom is -0.443 e. The van der Waals surface area contributed by atoms with Crippen LogP contribution in [0.25, 0.3) is 10.9 Å². The monoisotopic (exact) mass is 402 g/mol. The molecule has 2 heterocycles. The maximum Gasteiger partial charge on any atom is 0.349 e. The van der Waals surface area contributed by atoms with Crippen LogP contribution >= 0.6 is 11.3 Å². The number of hydrogen-bond acceptors (Lipinski definition) is 5. The van der Waals surface area contributed by atoms with Crippen LogP contribution in [0.15, 0.2) is 84.4 Å². The smallest absolute Gasteiger partial charge is 0.349 e. The molecule has 5 nitrogen and oxygen atoms in total. The zero-order valence-corrected chi connectivity index (χ0v) is 16.3. The first kappa shape index (κ1) is 18.8. The number of pyridine rings is 1. The van der Waals surface area contributed by atoms with Gasteiger partial charge in [-0.2, -0.15) is 0 Å². The van der Waals surface area contributed by atoms with E-state index in [0.717, 1.165) is 16.5 Å². The summed E-state index contributed by atoms with van der Waals surface area (Å²) in [5.41, 5.74) is 2.37. The Morgan fingerprint density at radius 1 is 1.00 bits per heavy atom. The Morgan fingerprint density at radius 3 is 2.66 bits per heavy atom. The molecule has 1 N–H and O–H groups in total. The first-order chi connectivity index (χ1) is 14.2. The lowest BCUT2D eigenvalue weighted by Crippen LogP contribution is -2.31. The lowest BCUT2D eigenvalue weighted by atomic mass is 10.1. The summed E-state index contributed by atoms with van der Waals surface area (Å²) in [6.07, 6.45) is 0.654. The van der Waals surface area contributed by atoms with Crippen molar-refractivity contribution in [3.8, 4) is 0 Å². The van der Waals surface area contributed by atoms with Gasteiger partial charge in [0.25, 0.3) is 5.91 Å². The van der Waals surface area contributed by atoms with E-state index in [4.69, 9.17) is 4.74 Å². The van der Waals surface area contributed by atoms with E-state index in [1.165, 1.54) is 11.3 Å². The number of aromatic nitrogens is 1. The van der Waals surface area contributed by atoms with Gasteiger partial charge in [0.05, 0.1) is 5.52 Å². The van der Waals surface area contributed by atoms with Crippen LogP contribution in [0.2, 0.25) is 0 Å². The molecule has 29 heavy (non-hydrogen) atoms. The number of carbonyl (C=O) groups is 2. The van der Waals surface area contributed by atoms with Gasteiger partial charge < -0.3 is 10.1 Å². The Labute approximate surface area is 172 Å². The average molecular weight is 402 g/mol. The molecule has 0 radical (unpaired) electrons. The van der Waals surface area contributed by atoms with Crippen LogP contribution < -0.4 is 5.32 Å². The van der Waals surface area contributed by atoms with Crippen molar-refractivity contribution in [1.82, 2.24) is 10.3 Å². The average Bonchev–Trinajstić information content (AvgIpc) is 3.31. The molecular formula is C23H18N2O3S. The fourth-order valence-electron chi connectivity index (χ4n) is 2.97. The second-order valence-corrected chi connectivity index (χ2v) is 7.37. The molecule has 0 fully saturated rings. The number of ether oxygens (including phenoxy) is 1. The molecule has 2 aromatic heterocycles. The highest BCUT2D eigenvalue weighted by atomic mass is 32.1. The Kier molecular flexibility index (Phi) is 5.63. The Hall–Kier alpha value is -3.51. The number of rotatable bonds is 6. The van der Waals surface area contributed by atoms with E-state index >= 15 is 0 Å². The van der Waals surface area contributed by atoms with Gasteiger partial charge in [0.15, 0.2) is 0 Å². The van der Waals surface area contributed by atoms with E-state index in [9.17, 15) is 9.59 Å². The molecule has 0 aliphatic heterocycles. The summed E-state index contributed by atoms with van der Waals surface area (Å²) in [5, 5.41) is 5.54. The second-order valence-electron chi connectivity index (χ2n) is 6.42. The number of hydrogen-bond donors (Lipinski definition) is 1. The van der Waals surface area contributed by atoms with Crippen molar-refractivity contribution in [2.24, 2.45) is 0 Å². The van der Waals surface area contributed by atoms with Crippen LogP contribution in [0.1, 0.15) is 26.9 Å². The SMILES string of the molecule is O=C(OC(C(=O)NCc1ccccc1)c1ccc2ncccc2c1)c1cccs1. The fraction of sp³-hybridized carbons (Fsp3) is 0.0870. The largest absolute Gasteiger partial charge is 0.443 e. The third-order valence-electron chi connectivity index (χ3n) is 4.42. The van der Waals surface area contributed by atoms with E-state index in [1.54, 1.807) is 29.8 Å². The molecular weight excluding hydrogens is 384 g/mol. The summed E-state index contributed by atoms with van der Waals surface area (Å²) in [7, 11) is 0. The van der Waals surface area contributed by atoms with Crippen molar-refractivity contribution < 1.29 is 14.3 Å². The van der Waals surface area contributed by atoms with Gasteiger partial charge in [-0.25, -0.2) is 4.79 Å².